The highest BCUT2D eigenvalue weighted by Crippen LogP contribution is 2.60. The molecule has 4 unspecified atom stereocenters. The van der Waals surface area contributed by atoms with E-state index in [0.29, 0.717) is 5.92 Å². The number of hydrogen-bond donors (Lipinski definition) is 0. The Labute approximate surface area is 192 Å². The SMILES string of the molecule is CC(OCCOC(=O)C12CC3CC(CC(C3)C1)C2)OC(=O)OC1CCC2CCCCC2C1. The van der Waals surface area contributed by atoms with E-state index < -0.39 is 12.4 Å². The highest BCUT2D eigenvalue weighted by atomic mass is 16.8. The molecule has 0 spiro atoms. The van der Waals surface area contributed by atoms with Crippen molar-refractivity contribution in [3.63, 3.8) is 0 Å². The molecule has 6 aliphatic carbocycles. The molecule has 4 bridgehead atoms. The van der Waals surface area contributed by atoms with Gasteiger partial charge in [-0.05, 0) is 94.3 Å². The van der Waals surface area contributed by atoms with Crippen molar-refractivity contribution in [2.24, 2.45) is 35.0 Å². The molecule has 6 fully saturated rings. The summed E-state index contributed by atoms with van der Waals surface area (Å²) in [4.78, 5) is 25.0. The number of carbonyl (C=O) groups excluding carboxylic acids is 2. The Morgan fingerprint density at radius 3 is 2.19 bits per heavy atom. The van der Waals surface area contributed by atoms with Gasteiger partial charge in [-0.2, -0.15) is 0 Å². The van der Waals surface area contributed by atoms with Crippen LogP contribution in [0.3, 0.4) is 0 Å². The molecule has 0 aromatic carbocycles. The molecule has 6 aliphatic rings. The van der Waals surface area contributed by atoms with Gasteiger partial charge in [0.1, 0.15) is 12.7 Å². The average Bonchev–Trinajstić information content (AvgIpc) is 2.75. The predicted octanol–water partition coefficient (Wildman–Crippen LogP) is 5.62. The summed E-state index contributed by atoms with van der Waals surface area (Å²) >= 11 is 0. The lowest BCUT2D eigenvalue weighted by molar-refractivity contribution is -0.176. The summed E-state index contributed by atoms with van der Waals surface area (Å²) in [5.41, 5.74) is -0.238. The monoisotopic (exact) mass is 448 g/mol. The van der Waals surface area contributed by atoms with E-state index in [2.05, 4.69) is 0 Å². The molecule has 6 saturated carbocycles. The topological polar surface area (TPSA) is 71.1 Å². The maximum atomic E-state index is 12.9. The molecule has 0 saturated heterocycles. The zero-order chi connectivity index (χ0) is 22.1. The third-order valence-corrected chi connectivity index (χ3v) is 9.16. The first-order valence-electron chi connectivity index (χ1n) is 13.2. The Hall–Kier alpha value is -1.30. The Bertz CT molecular complexity index is 655. The molecular formula is C26H40O6. The van der Waals surface area contributed by atoms with Gasteiger partial charge in [-0.1, -0.05) is 25.7 Å². The largest absolute Gasteiger partial charge is 0.510 e. The van der Waals surface area contributed by atoms with Crippen LogP contribution in [-0.2, 0) is 23.7 Å². The predicted molar refractivity (Wildman–Crippen MR) is 118 cm³/mol. The first-order valence-corrected chi connectivity index (χ1v) is 13.2. The fraction of sp³-hybridized carbons (Fsp3) is 0.923. The van der Waals surface area contributed by atoms with Gasteiger partial charge >= 0.3 is 12.1 Å². The third-order valence-electron chi connectivity index (χ3n) is 9.16. The number of fused-ring (bicyclic) bond motifs is 1. The first-order chi connectivity index (χ1) is 15.5. The van der Waals surface area contributed by atoms with Gasteiger partial charge in [-0.25, -0.2) is 4.79 Å². The standard InChI is InChI=1S/C26H40O6/c1-17(31-25(28)32-23-7-6-21-4-2-3-5-22(21)13-23)29-8-9-30-24(27)26-14-18-10-19(15-26)12-20(11-18)16-26/h17-23H,2-16H2,1H3. The van der Waals surface area contributed by atoms with Crippen LogP contribution in [0.5, 0.6) is 0 Å². The van der Waals surface area contributed by atoms with Crippen molar-refractivity contribution in [2.75, 3.05) is 13.2 Å². The second-order valence-corrected chi connectivity index (χ2v) is 11.5. The van der Waals surface area contributed by atoms with E-state index in [4.69, 9.17) is 18.9 Å². The van der Waals surface area contributed by atoms with E-state index in [1.54, 1.807) is 6.92 Å². The summed E-state index contributed by atoms with van der Waals surface area (Å²) in [5.74, 6) is 3.65. The minimum Gasteiger partial charge on any atom is -0.463 e. The quantitative estimate of drug-likeness (QED) is 0.286. The highest BCUT2D eigenvalue weighted by molar-refractivity contribution is 5.77. The fourth-order valence-electron chi connectivity index (χ4n) is 8.13. The number of hydrogen-bond acceptors (Lipinski definition) is 6. The lowest BCUT2D eigenvalue weighted by Gasteiger charge is -2.55. The van der Waals surface area contributed by atoms with E-state index in [0.717, 1.165) is 62.2 Å². The van der Waals surface area contributed by atoms with Gasteiger partial charge in [0, 0.05) is 0 Å². The van der Waals surface area contributed by atoms with Crippen molar-refractivity contribution in [3.05, 3.63) is 0 Å². The normalized spacial score (nSPS) is 40.9. The van der Waals surface area contributed by atoms with Crippen LogP contribution in [0.15, 0.2) is 0 Å². The molecule has 0 amide bonds. The van der Waals surface area contributed by atoms with Crippen LogP contribution in [0.4, 0.5) is 4.79 Å². The molecule has 6 nitrogen and oxygen atoms in total. The number of rotatable bonds is 7. The fourth-order valence-corrected chi connectivity index (χ4v) is 8.13. The van der Waals surface area contributed by atoms with Crippen molar-refractivity contribution in [1.29, 1.82) is 0 Å². The maximum absolute atomic E-state index is 12.9. The van der Waals surface area contributed by atoms with E-state index >= 15 is 0 Å². The minimum absolute atomic E-state index is 0.0321. The zero-order valence-electron chi connectivity index (χ0n) is 19.6. The van der Waals surface area contributed by atoms with Gasteiger partial charge in [0.05, 0.1) is 12.0 Å². The van der Waals surface area contributed by atoms with Crippen molar-refractivity contribution < 1.29 is 28.5 Å². The molecule has 0 N–H and O–H groups in total. The molecular weight excluding hydrogens is 408 g/mol. The summed E-state index contributed by atoms with van der Waals surface area (Å²) in [6, 6.07) is 0. The number of esters is 1. The van der Waals surface area contributed by atoms with Gasteiger partial charge in [0.15, 0.2) is 0 Å². The Morgan fingerprint density at radius 2 is 1.50 bits per heavy atom. The van der Waals surface area contributed by atoms with Gasteiger partial charge in [-0.15, -0.1) is 0 Å². The molecule has 0 aromatic rings. The second kappa shape index (κ2) is 9.52. The number of carbonyl (C=O) groups is 2. The second-order valence-electron chi connectivity index (χ2n) is 11.5. The van der Waals surface area contributed by atoms with Gasteiger partial charge in [0.25, 0.3) is 0 Å². The van der Waals surface area contributed by atoms with Crippen molar-refractivity contribution >= 4 is 12.1 Å². The van der Waals surface area contributed by atoms with Crippen LogP contribution < -0.4 is 0 Å². The highest BCUT2D eigenvalue weighted by Gasteiger charge is 2.55. The summed E-state index contributed by atoms with van der Waals surface area (Å²) in [7, 11) is 0. The van der Waals surface area contributed by atoms with Crippen LogP contribution >= 0.6 is 0 Å². The average molecular weight is 449 g/mol. The molecule has 0 heterocycles. The van der Waals surface area contributed by atoms with E-state index in [-0.39, 0.29) is 30.7 Å². The molecule has 0 aromatic heterocycles. The van der Waals surface area contributed by atoms with Crippen LogP contribution in [-0.4, -0.2) is 37.7 Å². The van der Waals surface area contributed by atoms with Gasteiger partial charge in [0.2, 0.25) is 6.29 Å². The molecule has 0 aliphatic heterocycles. The molecule has 180 valence electrons. The third kappa shape index (κ3) is 4.95. The van der Waals surface area contributed by atoms with Gasteiger partial charge in [-0.3, -0.25) is 4.79 Å². The summed E-state index contributed by atoms with van der Waals surface area (Å²) < 4.78 is 22.0. The molecule has 6 rings (SSSR count). The van der Waals surface area contributed by atoms with E-state index in [1.807, 2.05) is 0 Å². The maximum Gasteiger partial charge on any atom is 0.510 e. The van der Waals surface area contributed by atoms with Crippen LogP contribution in [0.1, 0.15) is 90.4 Å². The van der Waals surface area contributed by atoms with Crippen LogP contribution in [0.25, 0.3) is 0 Å². The Morgan fingerprint density at radius 1 is 0.844 bits per heavy atom. The molecule has 0 radical (unpaired) electrons. The van der Waals surface area contributed by atoms with E-state index in [1.165, 1.54) is 44.9 Å². The number of ether oxygens (including phenoxy) is 4. The van der Waals surface area contributed by atoms with Crippen molar-refractivity contribution in [3.8, 4) is 0 Å². The molecule has 6 heteroatoms. The zero-order valence-corrected chi connectivity index (χ0v) is 19.6. The first kappa shape index (κ1) is 22.5. The van der Waals surface area contributed by atoms with Crippen LogP contribution in [0.2, 0.25) is 0 Å². The Balaban J connectivity index is 0.979. The van der Waals surface area contributed by atoms with Crippen molar-refractivity contribution in [1.82, 2.24) is 0 Å². The van der Waals surface area contributed by atoms with E-state index in [9.17, 15) is 9.59 Å². The summed E-state index contributed by atoms with van der Waals surface area (Å²) in [6.07, 6.45) is 13.9. The Kier molecular flexibility index (Phi) is 6.69. The lowest BCUT2D eigenvalue weighted by Crippen LogP contribution is -2.50. The summed E-state index contributed by atoms with van der Waals surface area (Å²) in [6.45, 7) is 2.11. The van der Waals surface area contributed by atoms with Crippen molar-refractivity contribution in [2.45, 2.75) is 103 Å². The van der Waals surface area contributed by atoms with Gasteiger partial charge < -0.3 is 18.9 Å². The summed E-state index contributed by atoms with van der Waals surface area (Å²) in [5, 5.41) is 0. The molecule has 4 atom stereocenters. The lowest BCUT2D eigenvalue weighted by atomic mass is 9.49. The molecule has 32 heavy (non-hydrogen) atoms. The smallest absolute Gasteiger partial charge is 0.463 e. The van der Waals surface area contributed by atoms with Crippen LogP contribution in [0, 0.1) is 35.0 Å². The minimum atomic E-state index is -0.716.